The van der Waals surface area contributed by atoms with Crippen LogP contribution in [-0.4, -0.2) is 64.5 Å². The van der Waals surface area contributed by atoms with Gasteiger partial charge in [-0.05, 0) is 31.2 Å². The highest BCUT2D eigenvalue weighted by atomic mass is 19.1. The molecule has 2 atom stereocenters. The van der Waals surface area contributed by atoms with Crippen molar-refractivity contribution in [2.45, 2.75) is 19.1 Å². The van der Waals surface area contributed by atoms with Crippen molar-refractivity contribution < 1.29 is 18.7 Å². The number of hydrogen-bond acceptors (Lipinski definition) is 6. The van der Waals surface area contributed by atoms with Crippen molar-refractivity contribution in [2.75, 3.05) is 31.7 Å². The Kier molecular flexibility index (Phi) is 4.27. The maximum absolute atomic E-state index is 13.3. The van der Waals surface area contributed by atoms with Crippen LogP contribution in [0.15, 0.2) is 24.3 Å². The summed E-state index contributed by atoms with van der Waals surface area (Å²) in [5, 5.41) is 10.8. The van der Waals surface area contributed by atoms with Crippen LogP contribution in [0.5, 0.6) is 0 Å². The van der Waals surface area contributed by atoms with Gasteiger partial charge in [0.25, 0.3) is 5.91 Å². The summed E-state index contributed by atoms with van der Waals surface area (Å²) in [4.78, 5) is 28.0. The molecule has 3 heterocycles. The Morgan fingerprint density at radius 2 is 1.96 bits per heavy atom. The topological polar surface area (TPSA) is 92.6 Å². The van der Waals surface area contributed by atoms with Crippen molar-refractivity contribution in [3.63, 3.8) is 0 Å². The first-order valence-electron chi connectivity index (χ1n) is 8.65. The van der Waals surface area contributed by atoms with E-state index < -0.39 is 24.1 Å². The van der Waals surface area contributed by atoms with Crippen molar-refractivity contribution in [1.82, 2.24) is 25.0 Å². The van der Waals surface area contributed by atoms with E-state index in [0.29, 0.717) is 37.1 Å². The second-order valence-electron chi connectivity index (χ2n) is 6.35. The van der Waals surface area contributed by atoms with E-state index in [1.54, 1.807) is 28.6 Å². The van der Waals surface area contributed by atoms with Gasteiger partial charge in [-0.1, -0.05) is 0 Å². The van der Waals surface area contributed by atoms with Crippen LogP contribution in [-0.2, 0) is 9.53 Å². The van der Waals surface area contributed by atoms with Crippen LogP contribution in [0.3, 0.4) is 0 Å². The van der Waals surface area contributed by atoms with E-state index in [-0.39, 0.29) is 5.82 Å². The quantitative estimate of drug-likeness (QED) is 0.785. The Morgan fingerprint density at radius 1 is 1.22 bits per heavy atom. The predicted molar refractivity (Wildman–Crippen MR) is 93.4 cm³/mol. The smallest absolute Gasteiger partial charge is 0.325 e. The number of urea groups is 1. The first-order chi connectivity index (χ1) is 13.0. The fourth-order valence-corrected chi connectivity index (χ4v) is 3.54. The summed E-state index contributed by atoms with van der Waals surface area (Å²) in [7, 11) is 1.61. The first kappa shape index (κ1) is 17.4. The summed E-state index contributed by atoms with van der Waals surface area (Å²) in [5.41, 5.74) is 0.646. The number of rotatable bonds is 5. The number of hydrogen-bond donors (Lipinski definition) is 1. The molecule has 9 nitrogen and oxygen atoms in total. The van der Waals surface area contributed by atoms with E-state index in [2.05, 4.69) is 15.5 Å². The van der Waals surface area contributed by atoms with Gasteiger partial charge in [0.05, 0.1) is 6.61 Å². The highest BCUT2D eigenvalue weighted by Crippen LogP contribution is 2.40. The molecule has 1 saturated heterocycles. The SMILES string of the molecule is CCOCCN1c2nnc(-c3ccc(F)cc3)n2C2C1C(=O)NC(=O)N2C. The second kappa shape index (κ2) is 6.62. The summed E-state index contributed by atoms with van der Waals surface area (Å²) in [6, 6.07) is 4.72. The Balaban J connectivity index is 1.80. The van der Waals surface area contributed by atoms with Gasteiger partial charge in [-0.3, -0.25) is 14.7 Å². The third-order valence-corrected chi connectivity index (χ3v) is 4.82. The molecule has 1 aromatic carbocycles. The predicted octanol–water partition coefficient (Wildman–Crippen LogP) is 0.989. The van der Waals surface area contributed by atoms with Crippen LogP contribution >= 0.6 is 0 Å². The zero-order valence-electron chi connectivity index (χ0n) is 14.9. The molecule has 0 spiro atoms. The Bertz CT molecular complexity index is 883. The van der Waals surface area contributed by atoms with Crippen molar-refractivity contribution >= 4 is 17.9 Å². The number of fused-ring (bicyclic) bond motifs is 3. The van der Waals surface area contributed by atoms with Gasteiger partial charge >= 0.3 is 6.03 Å². The molecular weight excluding hydrogens is 355 g/mol. The first-order valence-corrected chi connectivity index (χ1v) is 8.65. The minimum Gasteiger partial charge on any atom is -0.380 e. The molecule has 0 radical (unpaired) electrons. The van der Waals surface area contributed by atoms with Gasteiger partial charge < -0.3 is 14.5 Å². The van der Waals surface area contributed by atoms with E-state index in [4.69, 9.17) is 4.74 Å². The van der Waals surface area contributed by atoms with Crippen molar-refractivity contribution in [3.8, 4) is 11.4 Å². The fraction of sp³-hybridized carbons (Fsp3) is 0.412. The summed E-state index contributed by atoms with van der Waals surface area (Å²) < 4.78 is 20.5. The number of nitrogens with one attached hydrogen (secondary N) is 1. The lowest BCUT2D eigenvalue weighted by molar-refractivity contribution is -0.124. The highest BCUT2D eigenvalue weighted by molar-refractivity contribution is 6.02. The van der Waals surface area contributed by atoms with Crippen molar-refractivity contribution in [2.24, 2.45) is 0 Å². The third kappa shape index (κ3) is 2.72. The molecular formula is C17H19FN6O3. The van der Waals surface area contributed by atoms with Crippen LogP contribution in [0.2, 0.25) is 0 Å². The van der Waals surface area contributed by atoms with Crippen molar-refractivity contribution in [1.29, 1.82) is 0 Å². The molecule has 2 aromatic rings. The van der Waals surface area contributed by atoms with Gasteiger partial charge in [-0.25, -0.2) is 9.18 Å². The Labute approximate surface area is 154 Å². The van der Waals surface area contributed by atoms with Gasteiger partial charge in [-0.15, -0.1) is 10.2 Å². The number of halogens is 1. The molecule has 27 heavy (non-hydrogen) atoms. The molecule has 4 rings (SSSR count). The Morgan fingerprint density at radius 3 is 2.67 bits per heavy atom. The molecule has 2 unspecified atom stereocenters. The minimum atomic E-state index is -0.641. The maximum atomic E-state index is 13.3. The molecule has 0 aliphatic carbocycles. The number of aromatic nitrogens is 3. The molecule has 10 heteroatoms. The number of likely N-dealkylation sites (N-methyl/N-ethyl adjacent to an activating group) is 1. The molecule has 2 aliphatic rings. The third-order valence-electron chi connectivity index (χ3n) is 4.82. The number of amides is 3. The summed E-state index contributed by atoms with van der Waals surface area (Å²) in [6.45, 7) is 3.27. The van der Waals surface area contributed by atoms with Crippen molar-refractivity contribution in [3.05, 3.63) is 30.1 Å². The molecule has 0 saturated carbocycles. The molecule has 1 fully saturated rings. The number of anilines is 1. The lowest BCUT2D eigenvalue weighted by Crippen LogP contribution is -2.61. The normalized spacial score (nSPS) is 21.3. The van der Waals surface area contributed by atoms with Crippen LogP contribution in [0.25, 0.3) is 11.4 Å². The van der Waals surface area contributed by atoms with E-state index in [0.717, 1.165) is 0 Å². The average molecular weight is 374 g/mol. The number of carbonyl (C=O) groups excluding carboxylic acids is 2. The minimum absolute atomic E-state index is 0.361. The molecule has 3 amide bonds. The number of nitrogens with zero attached hydrogens (tertiary/aromatic N) is 5. The summed E-state index contributed by atoms with van der Waals surface area (Å²) in [5.74, 6) is 0.185. The van der Waals surface area contributed by atoms with Crippen LogP contribution in [0.4, 0.5) is 15.1 Å². The number of imide groups is 1. The zero-order valence-corrected chi connectivity index (χ0v) is 14.9. The van der Waals surface area contributed by atoms with Gasteiger partial charge in [0, 0.05) is 25.8 Å². The maximum Gasteiger partial charge on any atom is 0.325 e. The van der Waals surface area contributed by atoms with Gasteiger partial charge in [0.15, 0.2) is 11.9 Å². The standard InChI is InChI=1S/C17H19FN6O3/c1-3-27-9-8-23-12-14(25)19-17(26)22(2)15(12)24-13(20-21-16(23)24)10-4-6-11(18)7-5-10/h4-7,12,15H,3,8-9H2,1-2H3,(H,19,25,26). The second-order valence-corrected chi connectivity index (χ2v) is 6.35. The van der Waals surface area contributed by atoms with Gasteiger partial charge in [0.1, 0.15) is 12.0 Å². The summed E-state index contributed by atoms with van der Waals surface area (Å²) >= 11 is 0. The fourth-order valence-electron chi connectivity index (χ4n) is 3.54. The highest BCUT2D eigenvalue weighted by Gasteiger charge is 2.52. The lowest BCUT2D eigenvalue weighted by atomic mass is 10.1. The van der Waals surface area contributed by atoms with E-state index in [1.165, 1.54) is 17.0 Å². The zero-order chi connectivity index (χ0) is 19.1. The van der Waals surface area contributed by atoms with Crippen LogP contribution in [0, 0.1) is 5.82 Å². The largest absolute Gasteiger partial charge is 0.380 e. The monoisotopic (exact) mass is 374 g/mol. The van der Waals surface area contributed by atoms with Gasteiger partial charge in [-0.2, -0.15) is 0 Å². The van der Waals surface area contributed by atoms with Crippen LogP contribution < -0.4 is 10.2 Å². The molecule has 1 aromatic heterocycles. The van der Waals surface area contributed by atoms with E-state index >= 15 is 0 Å². The van der Waals surface area contributed by atoms with Crippen LogP contribution in [0.1, 0.15) is 13.1 Å². The van der Waals surface area contributed by atoms with E-state index in [1.807, 2.05) is 6.92 Å². The lowest BCUT2D eigenvalue weighted by Gasteiger charge is -2.37. The Hall–Kier alpha value is -3.01. The van der Waals surface area contributed by atoms with Gasteiger partial charge in [0.2, 0.25) is 5.95 Å². The molecule has 1 N–H and O–H groups in total. The average Bonchev–Trinajstić information content (AvgIpc) is 3.20. The number of carbonyl (C=O) groups is 2. The van der Waals surface area contributed by atoms with E-state index in [9.17, 15) is 14.0 Å². The summed E-state index contributed by atoms with van der Waals surface area (Å²) in [6.07, 6.45) is -0.599. The molecule has 2 aliphatic heterocycles. The number of ether oxygens (including phenoxy) is 1. The molecule has 0 bridgehead atoms. The molecule has 142 valence electrons. The number of benzene rings is 1.